The molecule has 0 heterocycles. The van der Waals surface area contributed by atoms with Gasteiger partial charge in [0, 0.05) is 0 Å². The zero-order valence-corrected chi connectivity index (χ0v) is 7.38. The topological polar surface area (TPSA) is 9.23 Å². The summed E-state index contributed by atoms with van der Waals surface area (Å²) >= 11 is 0. The Morgan fingerprint density at radius 1 is 1.50 bits per heavy atom. The molecule has 0 aromatic rings. The van der Waals surface area contributed by atoms with Crippen molar-refractivity contribution in [2.45, 2.75) is 19.5 Å². The lowest BCUT2D eigenvalue weighted by molar-refractivity contribution is 0.230. The molecule has 1 atom stereocenters. The second-order valence-electron chi connectivity index (χ2n) is 2.85. The van der Waals surface area contributed by atoms with E-state index in [9.17, 15) is 4.39 Å². The minimum absolute atomic E-state index is 0.562. The molecule has 0 bridgehead atoms. The quantitative estimate of drug-likeness (QED) is 0.616. The number of allylic oxidation sites excluding steroid dienone is 5. The SMILES string of the molecule is CCOC1=CC(C)(F)C=CC=C1. The number of rotatable bonds is 2. The van der Waals surface area contributed by atoms with E-state index in [4.69, 9.17) is 4.74 Å². The van der Waals surface area contributed by atoms with Gasteiger partial charge in [-0.05, 0) is 32.1 Å². The predicted octanol–water partition coefficient (Wildman–Crippen LogP) is 2.76. The van der Waals surface area contributed by atoms with Gasteiger partial charge in [0.05, 0.1) is 6.61 Å². The van der Waals surface area contributed by atoms with Crippen molar-refractivity contribution in [3.05, 3.63) is 36.1 Å². The molecule has 1 aliphatic carbocycles. The van der Waals surface area contributed by atoms with Crippen LogP contribution < -0.4 is 0 Å². The molecule has 0 amide bonds. The summed E-state index contributed by atoms with van der Waals surface area (Å²) in [6, 6.07) is 0. The highest BCUT2D eigenvalue weighted by Gasteiger charge is 2.17. The highest BCUT2D eigenvalue weighted by molar-refractivity contribution is 5.29. The van der Waals surface area contributed by atoms with Crippen LogP contribution in [-0.2, 0) is 4.74 Å². The molecule has 1 unspecified atom stereocenters. The van der Waals surface area contributed by atoms with Crippen LogP contribution in [0.25, 0.3) is 0 Å². The Kier molecular flexibility index (Phi) is 2.69. The summed E-state index contributed by atoms with van der Waals surface area (Å²) in [6.45, 7) is 3.93. The smallest absolute Gasteiger partial charge is 0.148 e. The van der Waals surface area contributed by atoms with Gasteiger partial charge in [-0.2, -0.15) is 0 Å². The normalized spacial score (nSPS) is 28.1. The van der Waals surface area contributed by atoms with E-state index in [-0.39, 0.29) is 0 Å². The van der Waals surface area contributed by atoms with Gasteiger partial charge in [0.1, 0.15) is 11.4 Å². The summed E-state index contributed by atoms with van der Waals surface area (Å²) in [4.78, 5) is 0. The number of ether oxygens (including phenoxy) is 1. The summed E-state index contributed by atoms with van der Waals surface area (Å²) in [7, 11) is 0. The Hall–Kier alpha value is -1.05. The van der Waals surface area contributed by atoms with E-state index in [0.29, 0.717) is 12.4 Å². The highest BCUT2D eigenvalue weighted by Crippen LogP contribution is 2.20. The van der Waals surface area contributed by atoms with Crippen molar-refractivity contribution in [2.24, 2.45) is 0 Å². The van der Waals surface area contributed by atoms with Crippen molar-refractivity contribution < 1.29 is 9.13 Å². The monoisotopic (exact) mass is 168 g/mol. The summed E-state index contributed by atoms with van der Waals surface area (Å²) in [5.41, 5.74) is -1.39. The fourth-order valence-electron chi connectivity index (χ4n) is 1.02. The molecule has 0 saturated heterocycles. The van der Waals surface area contributed by atoms with Crippen LogP contribution >= 0.6 is 0 Å². The molecule has 2 heteroatoms. The number of hydrogen-bond donors (Lipinski definition) is 0. The van der Waals surface area contributed by atoms with Gasteiger partial charge in [-0.1, -0.05) is 12.2 Å². The van der Waals surface area contributed by atoms with Gasteiger partial charge in [-0.15, -0.1) is 0 Å². The van der Waals surface area contributed by atoms with Crippen molar-refractivity contribution in [1.82, 2.24) is 0 Å². The van der Waals surface area contributed by atoms with Crippen molar-refractivity contribution in [1.29, 1.82) is 0 Å². The van der Waals surface area contributed by atoms with Gasteiger partial charge >= 0.3 is 0 Å². The fraction of sp³-hybridized carbons (Fsp3) is 0.400. The van der Waals surface area contributed by atoms with E-state index in [1.54, 1.807) is 18.2 Å². The Morgan fingerprint density at radius 3 is 2.92 bits per heavy atom. The lowest BCUT2D eigenvalue weighted by Crippen LogP contribution is -2.10. The van der Waals surface area contributed by atoms with E-state index >= 15 is 0 Å². The first-order chi connectivity index (χ1) is 5.64. The van der Waals surface area contributed by atoms with Crippen molar-refractivity contribution in [2.75, 3.05) is 6.61 Å². The van der Waals surface area contributed by atoms with Crippen LogP contribution in [0.2, 0.25) is 0 Å². The first-order valence-electron chi connectivity index (χ1n) is 4.04. The molecule has 12 heavy (non-hydrogen) atoms. The molecule has 0 spiro atoms. The largest absolute Gasteiger partial charge is 0.494 e. The number of halogens is 1. The van der Waals surface area contributed by atoms with Crippen LogP contribution in [0.5, 0.6) is 0 Å². The maximum atomic E-state index is 13.4. The summed E-state index contributed by atoms with van der Waals surface area (Å²) in [5.74, 6) is 0.590. The molecule has 1 aliphatic rings. The third-order valence-electron chi connectivity index (χ3n) is 1.53. The van der Waals surface area contributed by atoms with Gasteiger partial charge in [0.15, 0.2) is 0 Å². The summed E-state index contributed by atoms with van der Waals surface area (Å²) < 4.78 is 18.6. The Balaban J connectivity index is 2.80. The summed E-state index contributed by atoms with van der Waals surface area (Å²) in [5, 5.41) is 0. The van der Waals surface area contributed by atoms with Gasteiger partial charge in [0.2, 0.25) is 0 Å². The molecule has 0 aromatic heterocycles. The zero-order valence-electron chi connectivity index (χ0n) is 7.38. The molecular formula is C10H13FO. The maximum absolute atomic E-state index is 13.4. The van der Waals surface area contributed by atoms with Crippen molar-refractivity contribution in [3.63, 3.8) is 0 Å². The van der Waals surface area contributed by atoms with E-state index < -0.39 is 5.67 Å². The number of alkyl halides is 1. The van der Waals surface area contributed by atoms with E-state index in [1.807, 2.05) is 6.92 Å². The van der Waals surface area contributed by atoms with Gasteiger partial charge in [-0.25, -0.2) is 4.39 Å². The first-order valence-corrected chi connectivity index (χ1v) is 4.04. The third-order valence-corrected chi connectivity index (χ3v) is 1.53. The maximum Gasteiger partial charge on any atom is 0.148 e. The van der Waals surface area contributed by atoms with Gasteiger partial charge in [-0.3, -0.25) is 0 Å². The molecule has 1 nitrogen and oxygen atoms in total. The van der Waals surface area contributed by atoms with Crippen molar-refractivity contribution >= 4 is 0 Å². The standard InChI is InChI=1S/C10H13FO/c1-3-12-9-6-4-5-7-10(2,11)8-9/h4-8H,3H2,1-2H3. The lowest BCUT2D eigenvalue weighted by atomic mass is 10.1. The highest BCUT2D eigenvalue weighted by atomic mass is 19.1. The third kappa shape index (κ3) is 2.53. The number of hydrogen-bond acceptors (Lipinski definition) is 1. The van der Waals surface area contributed by atoms with Crippen LogP contribution in [0.15, 0.2) is 36.1 Å². The van der Waals surface area contributed by atoms with Crippen LogP contribution in [0.4, 0.5) is 4.39 Å². The molecule has 0 radical (unpaired) electrons. The molecule has 0 aromatic carbocycles. The van der Waals surface area contributed by atoms with Crippen LogP contribution in [0, 0.1) is 0 Å². The van der Waals surface area contributed by atoms with Gasteiger partial charge < -0.3 is 4.74 Å². The molecule has 0 fully saturated rings. The molecular weight excluding hydrogens is 155 g/mol. The van der Waals surface area contributed by atoms with Gasteiger partial charge in [0.25, 0.3) is 0 Å². The lowest BCUT2D eigenvalue weighted by Gasteiger charge is -2.10. The van der Waals surface area contributed by atoms with Crippen LogP contribution in [-0.4, -0.2) is 12.3 Å². The Bertz CT molecular complexity index is 236. The fourth-order valence-corrected chi connectivity index (χ4v) is 1.02. The Labute approximate surface area is 72.2 Å². The summed E-state index contributed by atoms with van der Waals surface area (Å²) in [6.07, 6.45) is 8.17. The van der Waals surface area contributed by atoms with Crippen LogP contribution in [0.1, 0.15) is 13.8 Å². The zero-order chi connectivity index (χ0) is 9.03. The average molecular weight is 168 g/mol. The molecule has 0 N–H and O–H groups in total. The van der Waals surface area contributed by atoms with Crippen molar-refractivity contribution in [3.8, 4) is 0 Å². The first kappa shape index (κ1) is 9.04. The second-order valence-corrected chi connectivity index (χ2v) is 2.85. The average Bonchev–Trinajstić information content (AvgIpc) is 2.11. The minimum atomic E-state index is -1.39. The molecule has 0 saturated carbocycles. The molecule has 0 aliphatic heterocycles. The Morgan fingerprint density at radius 2 is 2.25 bits per heavy atom. The van der Waals surface area contributed by atoms with E-state index in [1.165, 1.54) is 19.1 Å². The second kappa shape index (κ2) is 3.57. The molecule has 1 rings (SSSR count). The minimum Gasteiger partial charge on any atom is -0.494 e. The van der Waals surface area contributed by atoms with E-state index in [0.717, 1.165) is 0 Å². The van der Waals surface area contributed by atoms with E-state index in [2.05, 4.69) is 0 Å². The van der Waals surface area contributed by atoms with Crippen LogP contribution in [0.3, 0.4) is 0 Å². The predicted molar refractivity (Wildman–Crippen MR) is 47.5 cm³/mol. The molecule has 66 valence electrons.